The van der Waals surface area contributed by atoms with E-state index >= 15 is 0 Å². The van der Waals surface area contributed by atoms with Crippen LogP contribution in [-0.4, -0.2) is 41.0 Å². The Morgan fingerprint density at radius 1 is 0.949 bits per heavy atom. The Hall–Kier alpha value is -4.45. The number of nitrogens with two attached hydrogens (primary N) is 1. The molecule has 0 unspecified atom stereocenters. The van der Waals surface area contributed by atoms with Crippen molar-refractivity contribution in [2.45, 2.75) is 31.4 Å². The lowest BCUT2D eigenvalue weighted by atomic mass is 10.1. The van der Waals surface area contributed by atoms with Crippen molar-refractivity contribution < 1.29 is 36.7 Å². The number of ether oxygens (including phenoxy) is 4. The molecule has 39 heavy (non-hydrogen) atoms. The van der Waals surface area contributed by atoms with Crippen molar-refractivity contribution in [1.29, 1.82) is 0 Å². The molecule has 0 saturated carbocycles. The van der Waals surface area contributed by atoms with Gasteiger partial charge in [0.25, 0.3) is 10.0 Å². The molecule has 1 heterocycles. The molecule has 0 fully saturated rings. The summed E-state index contributed by atoms with van der Waals surface area (Å²) in [5, 5.41) is 4.53. The first-order valence-corrected chi connectivity index (χ1v) is 13.4. The van der Waals surface area contributed by atoms with Crippen LogP contribution >= 0.6 is 0 Å². The number of hydrogen-bond donors (Lipinski definition) is 1. The number of aromatic nitrogens is 1. The third kappa shape index (κ3) is 5.70. The minimum atomic E-state index is -4.27. The van der Waals surface area contributed by atoms with Crippen molar-refractivity contribution >= 4 is 32.9 Å². The quantitative estimate of drug-likeness (QED) is 0.285. The van der Waals surface area contributed by atoms with E-state index in [4.69, 9.17) is 29.2 Å². The van der Waals surface area contributed by atoms with Gasteiger partial charge in [0.1, 0.15) is 28.8 Å². The molecule has 11 nitrogen and oxygen atoms in total. The fraction of sp³-hybridized carbons (Fsp3) is 0.259. The molecule has 0 aliphatic rings. The van der Waals surface area contributed by atoms with Crippen LogP contribution in [0.3, 0.4) is 0 Å². The zero-order valence-corrected chi connectivity index (χ0v) is 22.8. The normalized spacial score (nSPS) is 11.3. The Balaban J connectivity index is 1.92. The molecule has 12 heteroatoms. The molecule has 0 aliphatic heterocycles. The molecule has 0 atom stereocenters. The smallest absolute Gasteiger partial charge is 0.404 e. The summed E-state index contributed by atoms with van der Waals surface area (Å²) in [5.74, 6) is 1.19. The third-order valence-electron chi connectivity index (χ3n) is 6.15. The Kier molecular flexibility index (Phi) is 8.15. The van der Waals surface area contributed by atoms with E-state index in [1.165, 1.54) is 21.3 Å². The number of methoxy groups -OCH3 is 3. The monoisotopic (exact) mass is 555 g/mol. The number of primary amides is 1. The van der Waals surface area contributed by atoms with Crippen molar-refractivity contribution in [3.05, 3.63) is 71.3 Å². The average Bonchev–Trinajstić information content (AvgIpc) is 3.36. The molecule has 0 aliphatic carbocycles. The minimum absolute atomic E-state index is 0.0267. The average molecular weight is 556 g/mol. The van der Waals surface area contributed by atoms with Crippen molar-refractivity contribution in [2.24, 2.45) is 5.73 Å². The summed E-state index contributed by atoms with van der Waals surface area (Å²) >= 11 is 0. The topological polar surface area (TPSA) is 143 Å². The second-order valence-corrected chi connectivity index (χ2v) is 10.3. The second kappa shape index (κ2) is 11.5. The summed E-state index contributed by atoms with van der Waals surface area (Å²) in [5.41, 5.74) is 7.37. The molecule has 0 saturated heterocycles. The number of anilines is 1. The Bertz CT molecular complexity index is 1600. The highest BCUT2D eigenvalue weighted by Crippen LogP contribution is 2.37. The number of fused-ring (bicyclic) bond motifs is 1. The predicted molar refractivity (Wildman–Crippen MR) is 144 cm³/mol. The summed E-state index contributed by atoms with van der Waals surface area (Å²) in [6, 6.07) is 15.0. The molecular weight excluding hydrogens is 526 g/mol. The van der Waals surface area contributed by atoms with Crippen LogP contribution in [0.1, 0.15) is 23.6 Å². The number of carbonyl (C=O) groups excluding carboxylic acids is 1. The van der Waals surface area contributed by atoms with Gasteiger partial charge in [0, 0.05) is 11.6 Å². The number of hydrogen-bond acceptors (Lipinski definition) is 9. The Labute approximate surface area is 226 Å². The van der Waals surface area contributed by atoms with Crippen LogP contribution in [-0.2, 0) is 34.3 Å². The van der Waals surface area contributed by atoms with E-state index in [1.807, 2.05) is 13.0 Å². The van der Waals surface area contributed by atoms with Gasteiger partial charge in [-0.3, -0.25) is 0 Å². The number of sulfonamides is 1. The van der Waals surface area contributed by atoms with Gasteiger partial charge < -0.3 is 29.2 Å². The van der Waals surface area contributed by atoms with Crippen molar-refractivity contribution in [3.63, 3.8) is 0 Å². The highest BCUT2D eigenvalue weighted by Gasteiger charge is 2.33. The fourth-order valence-electron chi connectivity index (χ4n) is 4.07. The van der Waals surface area contributed by atoms with Crippen molar-refractivity contribution in [3.8, 4) is 17.2 Å². The summed E-state index contributed by atoms with van der Waals surface area (Å²) in [7, 11) is 0.150. The van der Waals surface area contributed by atoms with Crippen LogP contribution in [0.25, 0.3) is 11.0 Å². The molecule has 1 amide bonds. The first-order valence-electron chi connectivity index (χ1n) is 11.9. The summed E-state index contributed by atoms with van der Waals surface area (Å²) < 4.78 is 56.5. The number of nitrogens with zero attached hydrogens (tertiary/aromatic N) is 2. The first-order chi connectivity index (χ1) is 18.7. The molecule has 0 bridgehead atoms. The maximum Gasteiger partial charge on any atom is 0.404 e. The number of aryl methyl sites for hydroxylation is 1. The van der Waals surface area contributed by atoms with Crippen LogP contribution in [0.15, 0.2) is 64.0 Å². The minimum Gasteiger partial charge on any atom is -0.497 e. The zero-order valence-electron chi connectivity index (χ0n) is 22.0. The molecular formula is C27H29N3O8S. The van der Waals surface area contributed by atoms with E-state index in [0.29, 0.717) is 40.0 Å². The largest absolute Gasteiger partial charge is 0.497 e. The standard InChI is InChI=1S/C27H29N3O8S/c1-5-17-6-11-23(35-3)25(13-17)39(32,33)30(15-19-8-9-20(34-2)14-24(19)36-4)26-21-12-18(16-37-27(28)31)7-10-22(21)38-29-26/h6-14H,5,15-16H2,1-4H3,(H2,28,31). The predicted octanol–water partition coefficient (Wildman–Crippen LogP) is 4.41. The molecule has 206 valence electrons. The van der Waals surface area contributed by atoms with Crippen LogP contribution < -0.4 is 24.2 Å². The van der Waals surface area contributed by atoms with E-state index in [1.54, 1.807) is 48.5 Å². The van der Waals surface area contributed by atoms with Gasteiger partial charge in [-0.25, -0.2) is 17.5 Å². The van der Waals surface area contributed by atoms with Gasteiger partial charge in [-0.15, -0.1) is 0 Å². The first kappa shape index (κ1) is 27.6. The molecule has 2 N–H and O–H groups in total. The van der Waals surface area contributed by atoms with E-state index in [9.17, 15) is 13.2 Å². The highest BCUT2D eigenvalue weighted by molar-refractivity contribution is 7.93. The summed E-state index contributed by atoms with van der Waals surface area (Å²) in [4.78, 5) is 11.1. The SMILES string of the molecule is CCc1ccc(OC)c(S(=O)(=O)N(Cc2ccc(OC)cc2OC)c2noc3ccc(COC(N)=O)cc23)c1. The van der Waals surface area contributed by atoms with Gasteiger partial charge in [0.2, 0.25) is 0 Å². The Morgan fingerprint density at radius 2 is 1.69 bits per heavy atom. The summed E-state index contributed by atoms with van der Waals surface area (Å²) in [6.07, 6.45) is -0.311. The van der Waals surface area contributed by atoms with Crippen LogP contribution in [0.5, 0.6) is 17.2 Å². The summed E-state index contributed by atoms with van der Waals surface area (Å²) in [6.45, 7) is 1.67. The number of benzene rings is 3. The second-order valence-electron chi connectivity index (χ2n) is 8.47. The van der Waals surface area contributed by atoms with Crippen LogP contribution in [0, 0.1) is 0 Å². The van der Waals surface area contributed by atoms with Gasteiger partial charge >= 0.3 is 6.09 Å². The molecule has 4 rings (SSSR count). The number of amides is 1. The van der Waals surface area contributed by atoms with Crippen LogP contribution in [0.4, 0.5) is 10.6 Å². The molecule has 4 aromatic rings. The van der Waals surface area contributed by atoms with Gasteiger partial charge in [-0.1, -0.05) is 24.2 Å². The number of rotatable bonds is 11. The van der Waals surface area contributed by atoms with Gasteiger partial charge in [0.15, 0.2) is 11.4 Å². The van der Waals surface area contributed by atoms with Gasteiger partial charge in [-0.2, -0.15) is 0 Å². The van der Waals surface area contributed by atoms with E-state index in [2.05, 4.69) is 5.16 Å². The maximum atomic E-state index is 14.4. The van der Waals surface area contributed by atoms with E-state index < -0.39 is 16.1 Å². The van der Waals surface area contributed by atoms with Crippen molar-refractivity contribution in [1.82, 2.24) is 5.16 Å². The number of carbonyl (C=O) groups is 1. The lowest BCUT2D eigenvalue weighted by Crippen LogP contribution is -2.31. The Morgan fingerprint density at radius 3 is 2.36 bits per heavy atom. The molecule has 1 aromatic heterocycles. The highest BCUT2D eigenvalue weighted by atomic mass is 32.2. The van der Waals surface area contributed by atoms with Gasteiger partial charge in [-0.05, 0) is 53.9 Å². The van der Waals surface area contributed by atoms with Crippen molar-refractivity contribution in [2.75, 3.05) is 25.6 Å². The van der Waals surface area contributed by atoms with Crippen LogP contribution in [0.2, 0.25) is 0 Å². The molecule has 0 spiro atoms. The molecule has 0 radical (unpaired) electrons. The van der Waals surface area contributed by atoms with Gasteiger partial charge in [0.05, 0.1) is 33.3 Å². The van der Waals surface area contributed by atoms with E-state index in [0.717, 1.165) is 9.87 Å². The molecule has 3 aromatic carbocycles. The fourth-order valence-corrected chi connectivity index (χ4v) is 5.68. The maximum absolute atomic E-state index is 14.4. The zero-order chi connectivity index (χ0) is 28.2. The van der Waals surface area contributed by atoms with E-state index in [-0.39, 0.29) is 29.6 Å². The lowest BCUT2D eigenvalue weighted by Gasteiger charge is -2.24. The third-order valence-corrected chi connectivity index (χ3v) is 7.90. The lowest BCUT2D eigenvalue weighted by molar-refractivity contribution is 0.150.